The Labute approximate surface area is 184 Å². The van der Waals surface area contributed by atoms with Crippen LogP contribution in [0.2, 0.25) is 0 Å². The number of ether oxygens (including phenoxy) is 2. The zero-order valence-electron chi connectivity index (χ0n) is 16.8. The summed E-state index contributed by atoms with van der Waals surface area (Å²) in [5, 5.41) is 0. The largest absolute Gasteiger partial charge is 0.486 e. The molecule has 1 aromatic heterocycles. The summed E-state index contributed by atoms with van der Waals surface area (Å²) in [7, 11) is -3.52. The van der Waals surface area contributed by atoms with Gasteiger partial charge in [0.2, 0.25) is 5.91 Å². The van der Waals surface area contributed by atoms with Crippen molar-refractivity contribution in [3.05, 3.63) is 40.8 Å². The van der Waals surface area contributed by atoms with Crippen LogP contribution in [0.25, 0.3) is 0 Å². The van der Waals surface area contributed by atoms with Crippen molar-refractivity contribution in [2.45, 2.75) is 29.9 Å². The summed E-state index contributed by atoms with van der Waals surface area (Å²) in [5.74, 6) is 0.102. The monoisotopic (exact) mass is 465 g/mol. The summed E-state index contributed by atoms with van der Waals surface area (Å²) in [6.07, 6.45) is 2.73. The Morgan fingerprint density at radius 3 is 2.48 bits per heavy atom. The molecule has 3 heterocycles. The van der Waals surface area contributed by atoms with Crippen LogP contribution in [-0.4, -0.2) is 50.8 Å². The van der Waals surface area contributed by atoms with Crippen LogP contribution in [0, 0.1) is 0 Å². The molecule has 11 heteroatoms. The minimum absolute atomic E-state index is 0.0401. The van der Waals surface area contributed by atoms with E-state index in [0.717, 1.165) is 30.6 Å². The summed E-state index contributed by atoms with van der Waals surface area (Å²) in [4.78, 5) is 25.1. The molecule has 2 aliphatic rings. The molecule has 0 atom stereocenters. The summed E-state index contributed by atoms with van der Waals surface area (Å²) in [5.41, 5.74) is 5.03. The normalized spacial score (nSPS) is 16.5. The molecule has 0 unspecified atom stereocenters. The molecule has 1 aromatic carbocycles. The number of hydrogen-bond donors (Lipinski definition) is 2. The Bertz CT molecular complexity index is 1080. The average molecular weight is 466 g/mol. The fourth-order valence-electron chi connectivity index (χ4n) is 3.41. The molecule has 2 amide bonds. The van der Waals surface area contributed by atoms with Gasteiger partial charge in [0, 0.05) is 23.5 Å². The highest BCUT2D eigenvalue weighted by Gasteiger charge is 2.27. The second-order valence-electron chi connectivity index (χ2n) is 7.22. The van der Waals surface area contributed by atoms with Crippen molar-refractivity contribution in [1.29, 1.82) is 0 Å². The maximum absolute atomic E-state index is 12.7. The van der Waals surface area contributed by atoms with Gasteiger partial charge in [-0.3, -0.25) is 20.4 Å². The molecule has 31 heavy (non-hydrogen) atoms. The first kappa shape index (κ1) is 21.6. The lowest BCUT2D eigenvalue weighted by Crippen LogP contribution is -2.42. The van der Waals surface area contributed by atoms with Crippen LogP contribution in [0.5, 0.6) is 11.5 Å². The Balaban J connectivity index is 1.32. The third kappa shape index (κ3) is 5.00. The molecule has 2 aromatic rings. The second-order valence-corrected chi connectivity index (χ2v) is 10.6. The SMILES string of the molecule is O=C(Cc1ccc(S(=O)(=O)N2CCCCC2)s1)NNC(=O)c1ccc2c(c1)OCCO2. The average Bonchev–Trinajstić information content (AvgIpc) is 3.27. The number of hydrazine groups is 1. The molecule has 0 bridgehead atoms. The van der Waals surface area contributed by atoms with E-state index in [1.165, 1.54) is 10.4 Å². The number of nitrogens with one attached hydrogen (secondary N) is 2. The maximum atomic E-state index is 12.7. The number of piperidine rings is 1. The van der Waals surface area contributed by atoms with Crippen LogP contribution in [-0.2, 0) is 21.2 Å². The number of rotatable bonds is 5. The van der Waals surface area contributed by atoms with Gasteiger partial charge in [-0.15, -0.1) is 11.3 Å². The van der Waals surface area contributed by atoms with Gasteiger partial charge < -0.3 is 9.47 Å². The zero-order valence-corrected chi connectivity index (χ0v) is 18.4. The van der Waals surface area contributed by atoms with E-state index in [9.17, 15) is 18.0 Å². The van der Waals surface area contributed by atoms with Gasteiger partial charge in [-0.25, -0.2) is 8.42 Å². The first-order valence-corrected chi connectivity index (χ1v) is 12.3. The van der Waals surface area contributed by atoms with E-state index in [-0.39, 0.29) is 10.6 Å². The van der Waals surface area contributed by atoms with Gasteiger partial charge in [-0.2, -0.15) is 4.31 Å². The fraction of sp³-hybridized carbons (Fsp3) is 0.400. The third-order valence-electron chi connectivity index (χ3n) is 5.00. The van der Waals surface area contributed by atoms with Gasteiger partial charge in [-0.1, -0.05) is 6.42 Å². The van der Waals surface area contributed by atoms with Crippen molar-refractivity contribution in [3.63, 3.8) is 0 Å². The molecule has 2 aliphatic heterocycles. The second kappa shape index (κ2) is 9.25. The van der Waals surface area contributed by atoms with Crippen LogP contribution >= 0.6 is 11.3 Å². The van der Waals surface area contributed by atoms with E-state index in [1.54, 1.807) is 24.3 Å². The number of fused-ring (bicyclic) bond motifs is 1. The van der Waals surface area contributed by atoms with E-state index in [4.69, 9.17) is 9.47 Å². The van der Waals surface area contributed by atoms with Crippen LogP contribution in [0.1, 0.15) is 34.5 Å². The van der Waals surface area contributed by atoms with Crippen LogP contribution in [0.4, 0.5) is 0 Å². The Morgan fingerprint density at radius 2 is 1.71 bits per heavy atom. The molecule has 0 saturated carbocycles. The molecule has 0 radical (unpaired) electrons. The fourth-order valence-corrected chi connectivity index (χ4v) is 6.44. The summed E-state index contributed by atoms with van der Waals surface area (Å²) < 4.78 is 38.0. The zero-order chi connectivity index (χ0) is 21.8. The quantitative estimate of drug-likeness (QED) is 0.650. The van der Waals surface area contributed by atoms with Crippen LogP contribution < -0.4 is 20.3 Å². The predicted octanol–water partition coefficient (Wildman–Crippen LogP) is 1.70. The number of carbonyl (C=O) groups excluding carboxylic acids is 2. The van der Waals surface area contributed by atoms with Gasteiger partial charge >= 0.3 is 0 Å². The summed E-state index contributed by atoms with van der Waals surface area (Å²) in [6, 6.07) is 7.93. The molecular weight excluding hydrogens is 442 g/mol. The number of benzene rings is 1. The molecule has 0 spiro atoms. The minimum atomic E-state index is -3.52. The first-order chi connectivity index (χ1) is 14.9. The van der Waals surface area contributed by atoms with Crippen LogP contribution in [0.3, 0.4) is 0 Å². The van der Waals surface area contributed by atoms with Crippen LogP contribution in [0.15, 0.2) is 34.5 Å². The number of hydrogen-bond acceptors (Lipinski definition) is 7. The van der Waals surface area contributed by atoms with Crippen molar-refractivity contribution in [2.75, 3.05) is 26.3 Å². The predicted molar refractivity (Wildman–Crippen MR) is 114 cm³/mol. The first-order valence-electron chi connectivity index (χ1n) is 10.0. The minimum Gasteiger partial charge on any atom is -0.486 e. The smallest absolute Gasteiger partial charge is 0.269 e. The number of nitrogens with zero attached hydrogens (tertiary/aromatic N) is 1. The third-order valence-corrected chi connectivity index (χ3v) is 8.45. The van der Waals surface area contributed by atoms with E-state index < -0.39 is 21.8 Å². The molecule has 2 N–H and O–H groups in total. The van der Waals surface area contributed by atoms with Crippen molar-refractivity contribution < 1.29 is 27.5 Å². The van der Waals surface area contributed by atoms with E-state index in [2.05, 4.69) is 10.9 Å². The van der Waals surface area contributed by atoms with Gasteiger partial charge in [-0.05, 0) is 43.2 Å². The van der Waals surface area contributed by atoms with Crippen molar-refractivity contribution >= 4 is 33.2 Å². The number of thiophene rings is 1. The standard InChI is InChI=1S/C20H23N3O6S2/c24-18(21-22-20(25)14-4-6-16-17(12-14)29-11-10-28-16)13-15-5-7-19(30-15)31(26,27)23-8-2-1-3-9-23/h4-7,12H,1-3,8-11,13H2,(H,21,24)(H,22,25). The van der Waals surface area contributed by atoms with Gasteiger partial charge in [0.15, 0.2) is 11.5 Å². The highest BCUT2D eigenvalue weighted by Crippen LogP contribution is 2.30. The van der Waals surface area contributed by atoms with Gasteiger partial charge in [0.1, 0.15) is 17.4 Å². The molecular formula is C20H23N3O6S2. The number of carbonyl (C=O) groups is 2. The molecule has 0 aliphatic carbocycles. The summed E-state index contributed by atoms with van der Waals surface area (Å²) >= 11 is 1.07. The Morgan fingerprint density at radius 1 is 0.968 bits per heavy atom. The van der Waals surface area contributed by atoms with Gasteiger partial charge in [0.25, 0.3) is 15.9 Å². The van der Waals surface area contributed by atoms with Gasteiger partial charge in [0.05, 0.1) is 6.42 Å². The van der Waals surface area contributed by atoms with E-state index in [0.29, 0.717) is 48.2 Å². The molecule has 4 rings (SSSR count). The lowest BCUT2D eigenvalue weighted by Gasteiger charge is -2.25. The summed E-state index contributed by atoms with van der Waals surface area (Å²) in [6.45, 7) is 1.92. The molecule has 1 fully saturated rings. The highest BCUT2D eigenvalue weighted by atomic mass is 32.2. The lowest BCUT2D eigenvalue weighted by atomic mass is 10.2. The Hall–Kier alpha value is -2.63. The van der Waals surface area contributed by atoms with Crippen molar-refractivity contribution in [1.82, 2.24) is 15.2 Å². The van der Waals surface area contributed by atoms with E-state index >= 15 is 0 Å². The lowest BCUT2D eigenvalue weighted by molar-refractivity contribution is -0.121. The molecule has 1 saturated heterocycles. The topological polar surface area (TPSA) is 114 Å². The molecule has 166 valence electrons. The highest BCUT2D eigenvalue weighted by molar-refractivity contribution is 7.91. The molecule has 9 nitrogen and oxygen atoms in total. The Kier molecular flexibility index (Phi) is 6.44. The van der Waals surface area contributed by atoms with Crippen molar-refractivity contribution in [3.8, 4) is 11.5 Å². The number of amides is 2. The number of sulfonamides is 1. The maximum Gasteiger partial charge on any atom is 0.269 e. The van der Waals surface area contributed by atoms with Crippen molar-refractivity contribution in [2.24, 2.45) is 0 Å². The van der Waals surface area contributed by atoms with E-state index in [1.807, 2.05) is 0 Å².